The molecule has 0 atom stereocenters. The van der Waals surface area contributed by atoms with Crippen LogP contribution in [0.1, 0.15) is 12.1 Å². The molecule has 0 N–H and O–H groups in total. The average molecular weight is 442 g/mol. The zero-order chi connectivity index (χ0) is 22.2. The second-order valence-electron chi connectivity index (χ2n) is 6.96. The molecule has 0 radical (unpaired) electrons. The van der Waals surface area contributed by atoms with Gasteiger partial charge in [0.15, 0.2) is 9.84 Å². The number of para-hydroxylation sites is 1. The molecule has 0 saturated carbocycles. The molecule has 0 aliphatic carbocycles. The third kappa shape index (κ3) is 4.11. The molecule has 0 unspecified atom stereocenters. The summed E-state index contributed by atoms with van der Waals surface area (Å²) < 4.78 is 66.6. The Morgan fingerprint density at radius 2 is 1.42 bits per heavy atom. The number of halogens is 3. The Morgan fingerprint density at radius 1 is 0.839 bits per heavy atom. The van der Waals surface area contributed by atoms with Gasteiger partial charge in [-0.05, 0) is 42.0 Å². The van der Waals surface area contributed by atoms with E-state index in [4.69, 9.17) is 0 Å². The summed E-state index contributed by atoms with van der Waals surface area (Å²) in [6, 6.07) is 19.9. The van der Waals surface area contributed by atoms with Gasteiger partial charge in [0.2, 0.25) is 0 Å². The number of nitrogens with zero attached hydrogens (tertiary/aromatic N) is 2. The first-order chi connectivity index (χ1) is 14.8. The topological polar surface area (TPSA) is 52.0 Å². The first-order valence-corrected chi connectivity index (χ1v) is 11.2. The molecule has 1 aromatic heterocycles. The van der Waals surface area contributed by atoms with Crippen LogP contribution >= 0.6 is 0 Å². The normalized spacial score (nSPS) is 11.8. The first-order valence-electron chi connectivity index (χ1n) is 9.28. The Balaban J connectivity index is 2.04. The second kappa shape index (κ2) is 8.03. The lowest BCUT2D eigenvalue weighted by Crippen LogP contribution is -2.01. The predicted octanol–water partition coefficient (Wildman–Crippen LogP) is 5.69. The minimum absolute atomic E-state index is 0.111. The molecule has 158 valence electrons. The highest BCUT2D eigenvalue weighted by Crippen LogP contribution is 2.40. The highest BCUT2D eigenvalue weighted by molar-refractivity contribution is 7.90. The van der Waals surface area contributed by atoms with Crippen molar-refractivity contribution in [1.82, 2.24) is 9.78 Å². The number of alkyl halides is 2. The Hall–Kier alpha value is -3.39. The largest absolute Gasteiger partial charge is 0.282 e. The van der Waals surface area contributed by atoms with E-state index in [1.54, 1.807) is 42.5 Å². The molecule has 8 heteroatoms. The van der Waals surface area contributed by atoms with Crippen LogP contribution in [0.15, 0.2) is 83.8 Å². The lowest BCUT2D eigenvalue weighted by atomic mass is 9.98. The molecule has 4 aromatic rings. The molecule has 0 fully saturated rings. The maximum atomic E-state index is 14.0. The lowest BCUT2D eigenvalue weighted by molar-refractivity contribution is 0.146. The summed E-state index contributed by atoms with van der Waals surface area (Å²) in [6.45, 7) is 0. The number of hydrogen-bond acceptors (Lipinski definition) is 3. The van der Waals surface area contributed by atoms with E-state index < -0.39 is 27.8 Å². The van der Waals surface area contributed by atoms with Gasteiger partial charge >= 0.3 is 0 Å². The quantitative estimate of drug-likeness (QED) is 0.399. The molecule has 31 heavy (non-hydrogen) atoms. The van der Waals surface area contributed by atoms with Crippen molar-refractivity contribution in [2.75, 3.05) is 6.26 Å². The van der Waals surface area contributed by atoms with Crippen LogP contribution in [0.25, 0.3) is 28.1 Å². The molecule has 4 nitrogen and oxygen atoms in total. The maximum Gasteiger partial charge on any atom is 0.282 e. The van der Waals surface area contributed by atoms with Crippen LogP contribution in [0.2, 0.25) is 0 Å². The minimum Gasteiger partial charge on any atom is -0.232 e. The summed E-state index contributed by atoms with van der Waals surface area (Å²) in [6.07, 6.45) is -1.78. The summed E-state index contributed by atoms with van der Waals surface area (Å²) in [7, 11) is -3.42. The zero-order valence-electron chi connectivity index (χ0n) is 16.3. The monoisotopic (exact) mass is 442 g/mol. The van der Waals surface area contributed by atoms with Gasteiger partial charge in [-0.1, -0.05) is 42.5 Å². The predicted molar refractivity (Wildman–Crippen MR) is 112 cm³/mol. The first kappa shape index (κ1) is 20.9. The van der Waals surface area contributed by atoms with Crippen LogP contribution in [0.5, 0.6) is 0 Å². The second-order valence-corrected chi connectivity index (χ2v) is 8.98. The summed E-state index contributed by atoms with van der Waals surface area (Å²) in [4.78, 5) is 0.111. The van der Waals surface area contributed by atoms with Crippen molar-refractivity contribution in [3.8, 4) is 28.1 Å². The Bertz CT molecular complexity index is 1320. The van der Waals surface area contributed by atoms with Crippen LogP contribution < -0.4 is 0 Å². The van der Waals surface area contributed by atoms with Gasteiger partial charge in [-0.25, -0.2) is 26.3 Å². The van der Waals surface area contributed by atoms with E-state index in [9.17, 15) is 21.6 Å². The van der Waals surface area contributed by atoms with Crippen molar-refractivity contribution < 1.29 is 21.6 Å². The third-order valence-corrected chi connectivity index (χ3v) is 5.94. The number of hydrogen-bond donors (Lipinski definition) is 0. The van der Waals surface area contributed by atoms with Gasteiger partial charge in [0.1, 0.15) is 11.5 Å². The van der Waals surface area contributed by atoms with E-state index in [1.165, 1.54) is 41.1 Å². The smallest absolute Gasteiger partial charge is 0.232 e. The molecule has 0 bridgehead atoms. The fourth-order valence-corrected chi connectivity index (χ4v) is 4.00. The van der Waals surface area contributed by atoms with Gasteiger partial charge in [0.25, 0.3) is 6.43 Å². The number of benzene rings is 3. The van der Waals surface area contributed by atoms with Crippen LogP contribution in [0.4, 0.5) is 13.2 Å². The molecular weight excluding hydrogens is 425 g/mol. The van der Waals surface area contributed by atoms with Gasteiger partial charge in [0.05, 0.1) is 16.3 Å². The Labute approximate surface area is 177 Å². The molecule has 4 rings (SSSR count). The van der Waals surface area contributed by atoms with E-state index >= 15 is 0 Å². The molecule has 0 aliphatic heterocycles. The van der Waals surface area contributed by atoms with Crippen molar-refractivity contribution in [2.45, 2.75) is 11.3 Å². The van der Waals surface area contributed by atoms with Gasteiger partial charge in [-0.3, -0.25) is 0 Å². The van der Waals surface area contributed by atoms with E-state index in [0.29, 0.717) is 22.5 Å². The number of rotatable bonds is 5. The Morgan fingerprint density at radius 3 is 1.97 bits per heavy atom. The van der Waals surface area contributed by atoms with Crippen LogP contribution in [0.3, 0.4) is 0 Å². The molecule has 1 heterocycles. The molecular formula is C23H17F3N2O2S. The number of aromatic nitrogens is 2. The fraction of sp³-hybridized carbons (Fsp3) is 0.0870. The third-order valence-electron chi connectivity index (χ3n) is 4.81. The van der Waals surface area contributed by atoms with E-state index in [2.05, 4.69) is 5.10 Å². The maximum absolute atomic E-state index is 14.0. The van der Waals surface area contributed by atoms with E-state index in [-0.39, 0.29) is 10.5 Å². The van der Waals surface area contributed by atoms with Crippen molar-refractivity contribution in [3.63, 3.8) is 0 Å². The summed E-state index contributed by atoms with van der Waals surface area (Å²) in [5.74, 6) is -0.489. The SMILES string of the molecule is CS(=O)(=O)c1ccc(-c2c(-c3ccc(F)cc3)c(C(F)F)nn2-c2ccccc2)cc1. The van der Waals surface area contributed by atoms with Gasteiger partial charge in [-0.15, -0.1) is 0 Å². The van der Waals surface area contributed by atoms with Crippen molar-refractivity contribution >= 4 is 9.84 Å². The van der Waals surface area contributed by atoms with Gasteiger partial charge < -0.3 is 0 Å². The zero-order valence-corrected chi connectivity index (χ0v) is 17.2. The van der Waals surface area contributed by atoms with Crippen LogP contribution in [0, 0.1) is 5.82 Å². The summed E-state index contributed by atoms with van der Waals surface area (Å²) >= 11 is 0. The van der Waals surface area contributed by atoms with Crippen molar-refractivity contribution in [2.24, 2.45) is 0 Å². The Kier molecular flexibility index (Phi) is 5.41. The van der Waals surface area contributed by atoms with Crippen molar-refractivity contribution in [3.05, 3.63) is 90.4 Å². The molecule has 3 aromatic carbocycles. The highest BCUT2D eigenvalue weighted by atomic mass is 32.2. The standard InChI is InChI=1S/C23H17F3N2O2S/c1-31(29,30)19-13-9-16(10-14-19)22-20(15-7-11-17(24)12-8-15)21(23(25)26)27-28(22)18-5-3-2-4-6-18/h2-14,23H,1H3. The fourth-order valence-electron chi connectivity index (χ4n) is 3.37. The van der Waals surface area contributed by atoms with E-state index in [0.717, 1.165) is 6.26 Å². The molecule has 0 aliphatic rings. The van der Waals surface area contributed by atoms with Gasteiger partial charge in [0, 0.05) is 17.4 Å². The molecule has 0 saturated heterocycles. The molecule has 0 spiro atoms. The van der Waals surface area contributed by atoms with E-state index in [1.807, 2.05) is 0 Å². The van der Waals surface area contributed by atoms with Crippen LogP contribution in [-0.2, 0) is 9.84 Å². The summed E-state index contributed by atoms with van der Waals surface area (Å²) in [5.41, 5.74) is 1.49. The lowest BCUT2D eigenvalue weighted by Gasteiger charge is -2.11. The highest BCUT2D eigenvalue weighted by Gasteiger charge is 2.27. The van der Waals surface area contributed by atoms with Gasteiger partial charge in [-0.2, -0.15) is 5.10 Å². The molecule has 0 amide bonds. The summed E-state index contributed by atoms with van der Waals surface area (Å²) in [5, 5.41) is 4.18. The minimum atomic E-state index is -3.42. The average Bonchev–Trinajstić information content (AvgIpc) is 3.15. The number of sulfone groups is 1. The van der Waals surface area contributed by atoms with Crippen molar-refractivity contribution in [1.29, 1.82) is 0 Å². The van der Waals surface area contributed by atoms with Crippen LogP contribution in [-0.4, -0.2) is 24.5 Å².